The van der Waals surface area contributed by atoms with Crippen molar-refractivity contribution >= 4 is 11.8 Å². The van der Waals surface area contributed by atoms with Crippen molar-refractivity contribution in [2.75, 3.05) is 26.2 Å². The normalized spacial score (nSPS) is 26.8. The maximum atomic E-state index is 12.1. The lowest BCUT2D eigenvalue weighted by Gasteiger charge is -2.39. The van der Waals surface area contributed by atoms with Crippen LogP contribution in [0.4, 0.5) is 0 Å². The van der Waals surface area contributed by atoms with Crippen LogP contribution in [0.5, 0.6) is 0 Å². The topological polar surface area (TPSA) is 61.4 Å². The number of piperazine rings is 1. The molecule has 1 saturated carbocycles. The van der Waals surface area contributed by atoms with Gasteiger partial charge in [0.05, 0.1) is 0 Å². The van der Waals surface area contributed by atoms with E-state index in [0.717, 1.165) is 32.4 Å². The second-order valence-electron chi connectivity index (χ2n) is 6.30. The van der Waals surface area contributed by atoms with Crippen LogP contribution in [-0.2, 0) is 9.59 Å². The van der Waals surface area contributed by atoms with E-state index in [1.165, 1.54) is 6.42 Å². The first-order chi connectivity index (χ1) is 9.00. The van der Waals surface area contributed by atoms with Crippen molar-refractivity contribution in [1.29, 1.82) is 0 Å². The third-order valence-electron chi connectivity index (χ3n) is 4.41. The third kappa shape index (κ3) is 3.47. The second-order valence-corrected chi connectivity index (χ2v) is 6.30. The molecule has 2 amide bonds. The largest absolute Gasteiger partial charge is 0.345 e. The monoisotopic (exact) mass is 267 g/mol. The molecule has 1 atom stereocenters. The lowest BCUT2D eigenvalue weighted by atomic mass is 9.73. The number of hydrogen-bond donors (Lipinski definition) is 2. The lowest BCUT2D eigenvalue weighted by Crippen LogP contribution is -2.55. The first-order valence-electron chi connectivity index (χ1n) is 7.31. The van der Waals surface area contributed by atoms with Crippen LogP contribution in [0.2, 0.25) is 0 Å². The molecule has 2 fully saturated rings. The van der Waals surface area contributed by atoms with Crippen LogP contribution in [0, 0.1) is 5.41 Å². The summed E-state index contributed by atoms with van der Waals surface area (Å²) in [6.07, 6.45) is 4.44. The number of hydrogen-bond acceptors (Lipinski definition) is 3. The Kier molecular flexibility index (Phi) is 4.45. The van der Waals surface area contributed by atoms with Gasteiger partial charge >= 0.3 is 11.8 Å². The zero-order chi connectivity index (χ0) is 13.9. The molecule has 0 aromatic rings. The molecule has 0 spiro atoms. The molecule has 1 saturated heterocycles. The number of amides is 2. The fraction of sp³-hybridized carbons (Fsp3) is 0.857. The Balaban J connectivity index is 1.90. The zero-order valence-corrected chi connectivity index (χ0v) is 12.0. The molecule has 1 aliphatic carbocycles. The summed E-state index contributed by atoms with van der Waals surface area (Å²) in [4.78, 5) is 25.8. The average Bonchev–Trinajstić information content (AvgIpc) is 2.41. The Morgan fingerprint density at radius 2 is 1.89 bits per heavy atom. The predicted octanol–water partition coefficient (Wildman–Crippen LogP) is 0.503. The van der Waals surface area contributed by atoms with Crippen LogP contribution in [0.15, 0.2) is 0 Å². The highest BCUT2D eigenvalue weighted by atomic mass is 16.2. The van der Waals surface area contributed by atoms with Crippen molar-refractivity contribution in [3.05, 3.63) is 0 Å². The van der Waals surface area contributed by atoms with Crippen LogP contribution < -0.4 is 10.6 Å². The van der Waals surface area contributed by atoms with Gasteiger partial charge in [-0.2, -0.15) is 0 Å². The molecule has 1 heterocycles. The van der Waals surface area contributed by atoms with Crippen LogP contribution in [0.1, 0.15) is 39.5 Å². The minimum atomic E-state index is -0.429. The number of carbonyl (C=O) groups excluding carboxylic acids is 2. The molecule has 2 N–H and O–H groups in total. The maximum Gasteiger partial charge on any atom is 0.311 e. The molecule has 2 aliphatic rings. The Morgan fingerprint density at radius 3 is 2.53 bits per heavy atom. The van der Waals surface area contributed by atoms with Gasteiger partial charge < -0.3 is 15.5 Å². The summed E-state index contributed by atoms with van der Waals surface area (Å²) >= 11 is 0. The summed E-state index contributed by atoms with van der Waals surface area (Å²) in [5.74, 6) is -0.801. The quantitative estimate of drug-likeness (QED) is 0.680. The SMILES string of the molecule is CC1(C)CCCCC1NC(=O)C(=O)N1CCNCC1. The summed E-state index contributed by atoms with van der Waals surface area (Å²) in [5, 5.41) is 6.13. The van der Waals surface area contributed by atoms with Gasteiger partial charge in [0.1, 0.15) is 0 Å². The summed E-state index contributed by atoms with van der Waals surface area (Å²) in [5.41, 5.74) is 0.0949. The highest BCUT2D eigenvalue weighted by Crippen LogP contribution is 2.35. The van der Waals surface area contributed by atoms with E-state index in [2.05, 4.69) is 24.5 Å². The first kappa shape index (κ1) is 14.3. The van der Waals surface area contributed by atoms with Gasteiger partial charge in [-0.1, -0.05) is 26.7 Å². The summed E-state index contributed by atoms with van der Waals surface area (Å²) in [7, 11) is 0. The molecule has 5 nitrogen and oxygen atoms in total. The van der Waals surface area contributed by atoms with Gasteiger partial charge in [-0.25, -0.2) is 0 Å². The molecule has 0 aromatic carbocycles. The number of nitrogens with one attached hydrogen (secondary N) is 2. The lowest BCUT2D eigenvalue weighted by molar-refractivity contribution is -0.147. The van der Waals surface area contributed by atoms with Gasteiger partial charge in [0.15, 0.2) is 0 Å². The molecule has 1 aliphatic heterocycles. The molecule has 0 bridgehead atoms. The molecular formula is C14H25N3O2. The third-order valence-corrected chi connectivity index (χ3v) is 4.41. The molecule has 5 heteroatoms. The Morgan fingerprint density at radius 1 is 1.21 bits per heavy atom. The van der Waals surface area contributed by atoms with Crippen LogP contribution in [-0.4, -0.2) is 48.9 Å². The van der Waals surface area contributed by atoms with E-state index in [0.29, 0.717) is 13.1 Å². The molecule has 108 valence electrons. The fourth-order valence-corrected chi connectivity index (χ4v) is 2.99. The number of rotatable bonds is 1. The first-order valence-corrected chi connectivity index (χ1v) is 7.31. The van der Waals surface area contributed by atoms with Crippen molar-refractivity contribution < 1.29 is 9.59 Å². The van der Waals surface area contributed by atoms with Gasteiger partial charge in [-0.3, -0.25) is 9.59 Å². The van der Waals surface area contributed by atoms with Crippen LogP contribution in [0.3, 0.4) is 0 Å². The van der Waals surface area contributed by atoms with E-state index in [-0.39, 0.29) is 17.4 Å². The second kappa shape index (κ2) is 5.90. The Bertz CT molecular complexity index is 349. The van der Waals surface area contributed by atoms with E-state index in [4.69, 9.17) is 0 Å². The van der Waals surface area contributed by atoms with Crippen molar-refractivity contribution in [2.24, 2.45) is 5.41 Å². The average molecular weight is 267 g/mol. The van der Waals surface area contributed by atoms with E-state index < -0.39 is 5.91 Å². The summed E-state index contributed by atoms with van der Waals surface area (Å²) < 4.78 is 0. The van der Waals surface area contributed by atoms with Crippen molar-refractivity contribution in [2.45, 2.75) is 45.6 Å². The molecule has 1 unspecified atom stereocenters. The van der Waals surface area contributed by atoms with Gasteiger partial charge in [0.2, 0.25) is 0 Å². The van der Waals surface area contributed by atoms with Gasteiger partial charge in [0, 0.05) is 32.2 Å². The molecule has 0 radical (unpaired) electrons. The zero-order valence-electron chi connectivity index (χ0n) is 12.0. The highest BCUT2D eigenvalue weighted by molar-refractivity contribution is 6.35. The Labute approximate surface area is 115 Å². The van der Waals surface area contributed by atoms with Gasteiger partial charge in [0.25, 0.3) is 0 Å². The number of nitrogens with zero attached hydrogens (tertiary/aromatic N) is 1. The molecule has 0 aromatic heterocycles. The van der Waals surface area contributed by atoms with E-state index in [1.807, 2.05) is 0 Å². The van der Waals surface area contributed by atoms with E-state index >= 15 is 0 Å². The predicted molar refractivity (Wildman–Crippen MR) is 73.6 cm³/mol. The minimum Gasteiger partial charge on any atom is -0.345 e. The summed E-state index contributed by atoms with van der Waals surface area (Å²) in [6, 6.07) is 0.126. The standard InChI is InChI=1S/C14H25N3O2/c1-14(2)6-4-3-5-11(14)16-12(18)13(19)17-9-7-15-8-10-17/h11,15H,3-10H2,1-2H3,(H,16,18). The summed E-state index contributed by atoms with van der Waals surface area (Å²) in [6.45, 7) is 7.14. The van der Waals surface area contributed by atoms with Crippen molar-refractivity contribution in [3.63, 3.8) is 0 Å². The van der Waals surface area contributed by atoms with E-state index in [9.17, 15) is 9.59 Å². The molecular weight excluding hydrogens is 242 g/mol. The van der Waals surface area contributed by atoms with E-state index in [1.54, 1.807) is 4.90 Å². The van der Waals surface area contributed by atoms with Crippen LogP contribution >= 0.6 is 0 Å². The fourth-order valence-electron chi connectivity index (χ4n) is 2.99. The smallest absolute Gasteiger partial charge is 0.311 e. The minimum absolute atomic E-state index is 0.0949. The van der Waals surface area contributed by atoms with Crippen molar-refractivity contribution in [1.82, 2.24) is 15.5 Å². The molecule has 19 heavy (non-hydrogen) atoms. The van der Waals surface area contributed by atoms with Gasteiger partial charge in [-0.05, 0) is 18.3 Å². The Hall–Kier alpha value is -1.10. The van der Waals surface area contributed by atoms with Crippen molar-refractivity contribution in [3.8, 4) is 0 Å². The highest BCUT2D eigenvalue weighted by Gasteiger charge is 2.35. The van der Waals surface area contributed by atoms with Gasteiger partial charge in [-0.15, -0.1) is 0 Å². The number of carbonyl (C=O) groups is 2. The van der Waals surface area contributed by atoms with Crippen LogP contribution in [0.25, 0.3) is 0 Å². The maximum absolute atomic E-state index is 12.1. The molecule has 2 rings (SSSR count).